The van der Waals surface area contributed by atoms with Gasteiger partial charge in [0.2, 0.25) is 0 Å². The lowest BCUT2D eigenvalue weighted by Gasteiger charge is -2.32. The predicted molar refractivity (Wildman–Crippen MR) is 123 cm³/mol. The predicted octanol–water partition coefficient (Wildman–Crippen LogP) is 7.76. The van der Waals surface area contributed by atoms with Crippen molar-refractivity contribution >= 4 is 19.7 Å². The first kappa shape index (κ1) is 28.3. The molecule has 2 aliphatic carbocycles. The van der Waals surface area contributed by atoms with Crippen molar-refractivity contribution < 1.29 is 30.8 Å². The molecule has 3 nitrogen and oxygen atoms in total. The summed E-state index contributed by atoms with van der Waals surface area (Å²) in [6.45, 7) is 8.19. The third-order valence-electron chi connectivity index (χ3n) is 6.49. The molecule has 0 aromatic heterocycles. The van der Waals surface area contributed by atoms with Crippen molar-refractivity contribution in [2.75, 3.05) is 6.61 Å². The lowest BCUT2D eigenvalue weighted by atomic mass is 9.83. The Labute approximate surface area is 194 Å². The van der Waals surface area contributed by atoms with Gasteiger partial charge < -0.3 is 4.43 Å². The second-order valence-electron chi connectivity index (χ2n) is 10.4. The number of nitrogens with zero attached hydrogens (tertiary/aromatic N) is 2. The molecule has 0 amide bonds. The zero-order chi connectivity index (χ0) is 24.9. The fourth-order valence-corrected chi connectivity index (χ4v) is 5.53. The third kappa shape index (κ3) is 9.34. The Morgan fingerprint density at radius 2 is 1.24 bits per heavy atom. The lowest BCUT2D eigenvalue weighted by Crippen LogP contribution is -2.38. The van der Waals surface area contributed by atoms with Crippen molar-refractivity contribution in [3.63, 3.8) is 0 Å². The summed E-state index contributed by atoms with van der Waals surface area (Å²) < 4.78 is 87.2. The van der Waals surface area contributed by atoms with E-state index in [2.05, 4.69) is 9.98 Å². The Bertz CT molecular complexity index is 684. The Morgan fingerprint density at radius 3 is 1.70 bits per heavy atom. The third-order valence-corrected chi connectivity index (χ3v) is 7.56. The van der Waals surface area contributed by atoms with E-state index in [1.165, 1.54) is 0 Å². The molecule has 0 aromatic carbocycles. The number of hydrogen-bond donors (Lipinski definition) is 0. The van der Waals surface area contributed by atoms with Crippen LogP contribution in [0.25, 0.3) is 0 Å². The normalized spacial score (nSPS) is 28.8. The molecular formula is C23H38F6N2OSi. The molecule has 192 valence electrons. The first-order valence-electron chi connectivity index (χ1n) is 12.1. The number of rotatable bonds is 8. The fourth-order valence-electron chi connectivity index (χ4n) is 4.78. The van der Waals surface area contributed by atoms with E-state index in [-0.39, 0.29) is 12.8 Å². The first-order chi connectivity index (χ1) is 15.2. The standard InChI is InChI=1S/C23H38F6N2OSi/c1-16(30-20-12-7-5-10-17(20)22(24,25)26)19(14-9-15-32-33(2,3)4)31-21-13-8-6-11-18(21)23(27,28)29/h17-18,20-21H,5-15H2,1-4H3. The molecule has 33 heavy (non-hydrogen) atoms. The highest BCUT2D eigenvalue weighted by Crippen LogP contribution is 2.41. The van der Waals surface area contributed by atoms with Gasteiger partial charge in [0.25, 0.3) is 0 Å². The van der Waals surface area contributed by atoms with E-state index in [1.54, 1.807) is 6.92 Å². The Kier molecular flexibility index (Phi) is 10.0. The van der Waals surface area contributed by atoms with Crippen LogP contribution in [0.15, 0.2) is 9.98 Å². The molecule has 4 unspecified atom stereocenters. The highest BCUT2D eigenvalue weighted by atomic mass is 28.4. The van der Waals surface area contributed by atoms with Crippen LogP contribution in [0.4, 0.5) is 26.3 Å². The molecule has 2 saturated carbocycles. The molecule has 0 aromatic rings. The fraction of sp³-hybridized carbons (Fsp3) is 0.913. The number of aliphatic imine (C=N–C) groups is 2. The Morgan fingerprint density at radius 1 is 0.788 bits per heavy atom. The summed E-state index contributed by atoms with van der Waals surface area (Å²) in [4.78, 5) is 8.93. The van der Waals surface area contributed by atoms with Crippen LogP contribution in [-0.4, -0.2) is 50.8 Å². The van der Waals surface area contributed by atoms with E-state index >= 15 is 0 Å². The molecule has 0 aliphatic heterocycles. The average molecular weight is 501 g/mol. The van der Waals surface area contributed by atoms with Gasteiger partial charge in [0.1, 0.15) is 0 Å². The van der Waals surface area contributed by atoms with Crippen LogP contribution < -0.4 is 0 Å². The maximum absolute atomic E-state index is 13.6. The number of halogens is 6. The van der Waals surface area contributed by atoms with Gasteiger partial charge in [0.05, 0.1) is 35.3 Å². The van der Waals surface area contributed by atoms with Crippen LogP contribution in [0.3, 0.4) is 0 Å². The van der Waals surface area contributed by atoms with Crippen LogP contribution in [0.5, 0.6) is 0 Å². The molecule has 0 N–H and O–H groups in total. The topological polar surface area (TPSA) is 34.0 Å². The Balaban J connectivity index is 2.28. The molecule has 4 atom stereocenters. The van der Waals surface area contributed by atoms with Crippen molar-refractivity contribution in [3.8, 4) is 0 Å². The van der Waals surface area contributed by atoms with E-state index in [1.807, 2.05) is 19.6 Å². The summed E-state index contributed by atoms with van der Waals surface area (Å²) in [6, 6.07) is -1.80. The van der Waals surface area contributed by atoms with Crippen LogP contribution in [0.2, 0.25) is 19.6 Å². The molecule has 0 bridgehead atoms. The second kappa shape index (κ2) is 11.7. The zero-order valence-corrected chi connectivity index (χ0v) is 21.2. The lowest BCUT2D eigenvalue weighted by molar-refractivity contribution is -0.186. The molecular weight excluding hydrogens is 462 g/mol. The maximum atomic E-state index is 13.6. The van der Waals surface area contributed by atoms with E-state index in [0.29, 0.717) is 69.4 Å². The molecule has 2 rings (SSSR count). The summed E-state index contributed by atoms with van der Waals surface area (Å²) in [5.41, 5.74) is 0.748. The number of alkyl halides is 6. The summed E-state index contributed by atoms with van der Waals surface area (Å²) >= 11 is 0. The summed E-state index contributed by atoms with van der Waals surface area (Å²) in [7, 11) is -1.74. The highest BCUT2D eigenvalue weighted by molar-refractivity contribution is 6.69. The average Bonchev–Trinajstić information content (AvgIpc) is 2.68. The van der Waals surface area contributed by atoms with Gasteiger partial charge in [-0.05, 0) is 65.1 Å². The minimum absolute atomic E-state index is 0.0403. The van der Waals surface area contributed by atoms with Gasteiger partial charge in [0.15, 0.2) is 8.32 Å². The summed E-state index contributed by atoms with van der Waals surface area (Å²) in [5.74, 6) is -3.01. The smallest absolute Gasteiger partial charge is 0.393 e. The van der Waals surface area contributed by atoms with Crippen LogP contribution in [0, 0.1) is 11.8 Å². The van der Waals surface area contributed by atoms with Crippen molar-refractivity contribution in [1.29, 1.82) is 0 Å². The van der Waals surface area contributed by atoms with Gasteiger partial charge in [0, 0.05) is 6.61 Å². The monoisotopic (exact) mass is 500 g/mol. The summed E-state index contributed by atoms with van der Waals surface area (Å²) in [6.07, 6.45) is -4.65. The van der Waals surface area contributed by atoms with Gasteiger partial charge in [-0.2, -0.15) is 26.3 Å². The molecule has 2 fully saturated rings. The van der Waals surface area contributed by atoms with E-state index in [4.69, 9.17) is 4.43 Å². The molecule has 10 heteroatoms. The maximum Gasteiger partial charge on any atom is 0.393 e. The van der Waals surface area contributed by atoms with E-state index in [0.717, 1.165) is 0 Å². The van der Waals surface area contributed by atoms with Crippen molar-refractivity contribution in [2.24, 2.45) is 21.8 Å². The first-order valence-corrected chi connectivity index (χ1v) is 15.5. The zero-order valence-electron chi connectivity index (χ0n) is 20.2. The molecule has 0 spiro atoms. The van der Waals surface area contributed by atoms with Gasteiger partial charge in [-0.25, -0.2) is 0 Å². The van der Waals surface area contributed by atoms with Gasteiger partial charge in [-0.3, -0.25) is 9.98 Å². The second-order valence-corrected chi connectivity index (χ2v) is 14.9. The molecule has 0 saturated heterocycles. The van der Waals surface area contributed by atoms with Crippen LogP contribution in [0.1, 0.15) is 71.1 Å². The van der Waals surface area contributed by atoms with Crippen molar-refractivity contribution in [3.05, 3.63) is 0 Å². The van der Waals surface area contributed by atoms with Crippen LogP contribution in [-0.2, 0) is 4.43 Å². The number of hydrogen-bond acceptors (Lipinski definition) is 3. The molecule has 0 radical (unpaired) electrons. The summed E-state index contributed by atoms with van der Waals surface area (Å²) in [5, 5.41) is 0. The molecule has 0 heterocycles. The van der Waals surface area contributed by atoms with Gasteiger partial charge in [-0.15, -0.1) is 0 Å². The largest absolute Gasteiger partial charge is 0.418 e. The van der Waals surface area contributed by atoms with Gasteiger partial charge in [-0.1, -0.05) is 25.7 Å². The van der Waals surface area contributed by atoms with Crippen molar-refractivity contribution in [1.82, 2.24) is 0 Å². The molecule has 2 aliphatic rings. The van der Waals surface area contributed by atoms with E-state index in [9.17, 15) is 26.3 Å². The quantitative estimate of drug-likeness (QED) is 0.145. The minimum atomic E-state index is -4.34. The minimum Gasteiger partial charge on any atom is -0.418 e. The van der Waals surface area contributed by atoms with Crippen molar-refractivity contribution in [2.45, 2.75) is 115 Å². The van der Waals surface area contributed by atoms with Crippen LogP contribution >= 0.6 is 0 Å². The van der Waals surface area contributed by atoms with Gasteiger partial charge >= 0.3 is 12.4 Å². The Hall–Kier alpha value is -0.903. The highest BCUT2D eigenvalue weighted by Gasteiger charge is 2.47. The SMILES string of the molecule is CC(=NC1CCCCC1C(F)(F)F)C(CCCO[Si](C)(C)C)=NC1CCCCC1C(F)(F)F. The van der Waals surface area contributed by atoms with E-state index < -0.39 is 44.6 Å².